The molecule has 0 saturated carbocycles. The fourth-order valence-corrected chi connectivity index (χ4v) is 4.01. The summed E-state index contributed by atoms with van der Waals surface area (Å²) in [6.07, 6.45) is 2.97. The van der Waals surface area contributed by atoms with Crippen molar-refractivity contribution < 1.29 is 23.8 Å². The first kappa shape index (κ1) is 17.9. The van der Waals surface area contributed by atoms with Gasteiger partial charge in [-0.25, -0.2) is 0 Å². The SMILES string of the molecule is CCCCCOC(=O)CN1C(=O)CSC1c1ccc2c(c1)OCCO2. The predicted molar refractivity (Wildman–Crippen MR) is 94.8 cm³/mol. The lowest BCUT2D eigenvalue weighted by Gasteiger charge is -2.25. The number of unbranched alkanes of at least 4 members (excludes halogenated alkanes) is 2. The average molecular weight is 365 g/mol. The second-order valence-electron chi connectivity index (χ2n) is 6.02. The maximum Gasteiger partial charge on any atom is 0.325 e. The maximum atomic E-state index is 12.2. The first-order chi connectivity index (χ1) is 12.2. The highest BCUT2D eigenvalue weighted by Crippen LogP contribution is 2.42. The van der Waals surface area contributed by atoms with E-state index in [1.54, 1.807) is 4.90 Å². The number of thioether (sulfide) groups is 1. The zero-order valence-corrected chi connectivity index (χ0v) is 15.2. The topological polar surface area (TPSA) is 65.1 Å². The number of carbonyl (C=O) groups excluding carboxylic acids is 2. The van der Waals surface area contributed by atoms with E-state index in [-0.39, 0.29) is 23.8 Å². The number of rotatable bonds is 7. The molecule has 0 aromatic heterocycles. The number of amides is 1. The molecule has 7 heteroatoms. The van der Waals surface area contributed by atoms with Crippen LogP contribution in [0.1, 0.15) is 37.1 Å². The molecule has 0 radical (unpaired) electrons. The van der Waals surface area contributed by atoms with E-state index >= 15 is 0 Å². The maximum absolute atomic E-state index is 12.2. The Balaban J connectivity index is 1.64. The largest absolute Gasteiger partial charge is 0.486 e. The van der Waals surface area contributed by atoms with E-state index in [0.717, 1.165) is 24.8 Å². The van der Waals surface area contributed by atoms with Crippen molar-refractivity contribution in [2.24, 2.45) is 0 Å². The van der Waals surface area contributed by atoms with Gasteiger partial charge in [0.2, 0.25) is 5.91 Å². The predicted octanol–water partition coefficient (Wildman–Crippen LogP) is 2.77. The third-order valence-electron chi connectivity index (χ3n) is 4.13. The van der Waals surface area contributed by atoms with Crippen LogP contribution in [-0.4, -0.2) is 48.9 Å². The molecule has 136 valence electrons. The molecular formula is C18H23NO5S. The highest BCUT2D eigenvalue weighted by atomic mass is 32.2. The number of esters is 1. The standard InChI is InChI=1S/C18H23NO5S/c1-2-3-4-7-24-17(21)11-19-16(20)12-25-18(19)13-5-6-14-15(10-13)23-9-8-22-14/h5-6,10,18H,2-4,7-9,11-12H2,1H3. The number of ether oxygens (including phenoxy) is 3. The fourth-order valence-electron chi connectivity index (χ4n) is 2.84. The smallest absolute Gasteiger partial charge is 0.325 e. The van der Waals surface area contributed by atoms with Gasteiger partial charge < -0.3 is 19.1 Å². The van der Waals surface area contributed by atoms with E-state index in [1.807, 2.05) is 18.2 Å². The van der Waals surface area contributed by atoms with Crippen LogP contribution in [0.4, 0.5) is 0 Å². The molecule has 3 rings (SSSR count). The van der Waals surface area contributed by atoms with Crippen molar-refractivity contribution in [1.29, 1.82) is 0 Å². The Morgan fingerprint density at radius 1 is 1.28 bits per heavy atom. The number of fused-ring (bicyclic) bond motifs is 1. The molecule has 1 amide bonds. The Kier molecular flexibility index (Phi) is 6.07. The van der Waals surface area contributed by atoms with Crippen molar-refractivity contribution in [3.8, 4) is 11.5 Å². The average Bonchev–Trinajstić information content (AvgIpc) is 2.99. The molecular weight excluding hydrogens is 342 g/mol. The van der Waals surface area contributed by atoms with Crippen LogP contribution in [0.2, 0.25) is 0 Å². The van der Waals surface area contributed by atoms with E-state index in [4.69, 9.17) is 14.2 Å². The molecule has 2 aliphatic heterocycles. The quantitative estimate of drug-likeness (QED) is 0.547. The lowest BCUT2D eigenvalue weighted by molar-refractivity contribution is -0.148. The van der Waals surface area contributed by atoms with Gasteiger partial charge in [-0.05, 0) is 24.1 Å². The van der Waals surface area contributed by atoms with Gasteiger partial charge in [-0.1, -0.05) is 25.8 Å². The molecule has 2 heterocycles. The second kappa shape index (κ2) is 8.47. The lowest BCUT2D eigenvalue weighted by atomic mass is 10.1. The summed E-state index contributed by atoms with van der Waals surface area (Å²) in [5, 5.41) is -0.202. The van der Waals surface area contributed by atoms with E-state index in [2.05, 4.69) is 6.92 Å². The van der Waals surface area contributed by atoms with Gasteiger partial charge in [0.05, 0.1) is 12.4 Å². The molecule has 0 spiro atoms. The minimum atomic E-state index is -0.352. The molecule has 1 unspecified atom stereocenters. The summed E-state index contributed by atoms with van der Waals surface area (Å²) < 4.78 is 16.4. The summed E-state index contributed by atoms with van der Waals surface area (Å²) in [6, 6.07) is 5.67. The zero-order chi connectivity index (χ0) is 17.6. The summed E-state index contributed by atoms with van der Waals surface area (Å²) in [4.78, 5) is 25.8. The van der Waals surface area contributed by atoms with Gasteiger partial charge in [0.25, 0.3) is 0 Å². The minimum absolute atomic E-state index is 0.0168. The van der Waals surface area contributed by atoms with Gasteiger partial charge >= 0.3 is 5.97 Å². The van der Waals surface area contributed by atoms with Crippen molar-refractivity contribution in [3.63, 3.8) is 0 Å². The van der Waals surface area contributed by atoms with Crippen LogP contribution in [0.5, 0.6) is 11.5 Å². The number of hydrogen-bond acceptors (Lipinski definition) is 6. The van der Waals surface area contributed by atoms with E-state index in [9.17, 15) is 9.59 Å². The summed E-state index contributed by atoms with van der Waals surface area (Å²) in [5.41, 5.74) is 0.930. The Labute approximate surface area is 151 Å². The minimum Gasteiger partial charge on any atom is -0.486 e. The van der Waals surface area contributed by atoms with Crippen molar-refractivity contribution in [3.05, 3.63) is 23.8 Å². The highest BCUT2D eigenvalue weighted by molar-refractivity contribution is 8.00. The summed E-state index contributed by atoms with van der Waals surface area (Å²) in [6.45, 7) is 3.55. The summed E-state index contributed by atoms with van der Waals surface area (Å²) >= 11 is 1.51. The molecule has 1 aromatic carbocycles. The van der Waals surface area contributed by atoms with Crippen molar-refractivity contribution >= 4 is 23.6 Å². The Morgan fingerprint density at radius 2 is 2.08 bits per heavy atom. The fraction of sp³-hybridized carbons (Fsp3) is 0.556. The Bertz CT molecular complexity index is 636. The molecule has 1 atom stereocenters. The molecule has 1 fully saturated rings. The molecule has 25 heavy (non-hydrogen) atoms. The Morgan fingerprint density at radius 3 is 2.88 bits per heavy atom. The van der Waals surface area contributed by atoms with Crippen LogP contribution < -0.4 is 9.47 Å². The van der Waals surface area contributed by atoms with Gasteiger partial charge in [-0.3, -0.25) is 9.59 Å². The number of hydrogen-bond donors (Lipinski definition) is 0. The summed E-state index contributed by atoms with van der Waals surface area (Å²) in [7, 11) is 0. The molecule has 2 aliphatic rings. The normalized spacial score (nSPS) is 19.2. The molecule has 0 bridgehead atoms. The molecule has 6 nitrogen and oxygen atoms in total. The molecule has 1 aromatic rings. The highest BCUT2D eigenvalue weighted by Gasteiger charge is 2.35. The van der Waals surface area contributed by atoms with E-state index in [1.165, 1.54) is 11.8 Å². The third-order valence-corrected chi connectivity index (χ3v) is 5.39. The lowest BCUT2D eigenvalue weighted by Crippen LogP contribution is -2.34. The van der Waals surface area contributed by atoms with Crippen LogP contribution in [0.25, 0.3) is 0 Å². The van der Waals surface area contributed by atoms with Crippen LogP contribution in [0, 0.1) is 0 Å². The van der Waals surface area contributed by atoms with Crippen molar-refractivity contribution in [1.82, 2.24) is 4.90 Å². The first-order valence-electron chi connectivity index (χ1n) is 8.65. The van der Waals surface area contributed by atoms with Gasteiger partial charge in [0.15, 0.2) is 11.5 Å². The van der Waals surface area contributed by atoms with Crippen molar-refractivity contribution in [2.75, 3.05) is 32.1 Å². The van der Waals surface area contributed by atoms with Crippen LogP contribution in [0.3, 0.4) is 0 Å². The van der Waals surface area contributed by atoms with Gasteiger partial charge in [0.1, 0.15) is 25.1 Å². The van der Waals surface area contributed by atoms with Crippen LogP contribution >= 0.6 is 11.8 Å². The van der Waals surface area contributed by atoms with Gasteiger partial charge in [-0.15, -0.1) is 11.8 Å². The number of benzene rings is 1. The first-order valence-corrected chi connectivity index (χ1v) is 9.70. The zero-order valence-electron chi connectivity index (χ0n) is 14.4. The molecule has 0 N–H and O–H groups in total. The third kappa shape index (κ3) is 4.39. The Hall–Kier alpha value is -1.89. The number of nitrogens with zero attached hydrogens (tertiary/aromatic N) is 1. The van der Waals surface area contributed by atoms with Crippen LogP contribution in [-0.2, 0) is 14.3 Å². The van der Waals surface area contributed by atoms with Gasteiger partial charge in [-0.2, -0.15) is 0 Å². The van der Waals surface area contributed by atoms with E-state index in [0.29, 0.717) is 37.1 Å². The number of carbonyl (C=O) groups is 2. The monoisotopic (exact) mass is 365 g/mol. The van der Waals surface area contributed by atoms with Crippen molar-refractivity contribution in [2.45, 2.75) is 31.6 Å². The second-order valence-corrected chi connectivity index (χ2v) is 7.08. The van der Waals surface area contributed by atoms with Crippen LogP contribution in [0.15, 0.2) is 18.2 Å². The van der Waals surface area contributed by atoms with Gasteiger partial charge in [0, 0.05) is 0 Å². The van der Waals surface area contributed by atoms with E-state index < -0.39 is 0 Å². The molecule has 0 aliphatic carbocycles. The summed E-state index contributed by atoms with van der Waals surface area (Å²) in [5.74, 6) is 1.37. The molecule has 1 saturated heterocycles.